The molecule has 19 heavy (non-hydrogen) atoms. The van der Waals surface area contributed by atoms with Crippen molar-refractivity contribution < 1.29 is 9.84 Å². The zero-order chi connectivity index (χ0) is 13.7. The molecule has 1 aliphatic carbocycles. The second-order valence-electron chi connectivity index (χ2n) is 5.33. The highest BCUT2D eigenvalue weighted by Gasteiger charge is 2.32. The summed E-state index contributed by atoms with van der Waals surface area (Å²) < 4.78 is 7.74. The van der Waals surface area contributed by atoms with E-state index in [0.29, 0.717) is 12.5 Å². The fourth-order valence-electron chi connectivity index (χ4n) is 3.17. The van der Waals surface area contributed by atoms with Gasteiger partial charge < -0.3 is 9.84 Å². The Morgan fingerprint density at radius 1 is 1.37 bits per heavy atom. The maximum absolute atomic E-state index is 10.7. The average molecular weight is 266 g/mol. The zero-order valence-electron chi connectivity index (χ0n) is 12.1. The second-order valence-corrected chi connectivity index (χ2v) is 5.33. The quantitative estimate of drug-likeness (QED) is 0.861. The summed E-state index contributed by atoms with van der Waals surface area (Å²) in [6, 6.07) is 1.91. The van der Waals surface area contributed by atoms with Gasteiger partial charge in [-0.3, -0.25) is 4.68 Å². The molecule has 0 saturated heterocycles. The van der Waals surface area contributed by atoms with Crippen molar-refractivity contribution in [3.63, 3.8) is 0 Å². The summed E-state index contributed by atoms with van der Waals surface area (Å²) in [5, 5.41) is 14.9. The van der Waals surface area contributed by atoms with Gasteiger partial charge in [0.15, 0.2) is 0 Å². The third-order valence-corrected chi connectivity index (χ3v) is 4.14. The maximum atomic E-state index is 10.7. The average Bonchev–Trinajstić information content (AvgIpc) is 2.93. The van der Waals surface area contributed by atoms with Crippen molar-refractivity contribution in [2.24, 2.45) is 5.92 Å². The fourth-order valence-corrected chi connectivity index (χ4v) is 3.17. The Morgan fingerprint density at radius 2 is 2.11 bits per heavy atom. The number of ether oxygens (including phenoxy) is 1. The van der Waals surface area contributed by atoms with Gasteiger partial charge in [0.25, 0.3) is 0 Å². The van der Waals surface area contributed by atoms with Crippen LogP contribution in [0.3, 0.4) is 0 Å². The molecule has 2 rings (SSSR count). The normalized spacial score (nSPS) is 20.4. The first-order valence-electron chi connectivity index (χ1n) is 7.59. The predicted octanol–water partition coefficient (Wildman–Crippen LogP) is 2.92. The van der Waals surface area contributed by atoms with E-state index in [1.54, 1.807) is 6.20 Å². The molecule has 2 atom stereocenters. The molecule has 0 spiro atoms. The van der Waals surface area contributed by atoms with Gasteiger partial charge in [0.2, 0.25) is 0 Å². The molecule has 0 aliphatic heterocycles. The Balaban J connectivity index is 2.13. The smallest absolute Gasteiger partial charge is 0.122 e. The molecular weight excluding hydrogens is 240 g/mol. The van der Waals surface area contributed by atoms with Gasteiger partial charge in [-0.05, 0) is 38.7 Å². The number of nitrogens with zero attached hydrogens (tertiary/aromatic N) is 2. The van der Waals surface area contributed by atoms with Crippen molar-refractivity contribution in [3.8, 4) is 0 Å². The van der Waals surface area contributed by atoms with Crippen molar-refractivity contribution in [2.75, 3.05) is 6.61 Å². The molecule has 0 bridgehead atoms. The maximum Gasteiger partial charge on any atom is 0.122 e. The highest BCUT2D eigenvalue weighted by atomic mass is 16.5. The molecule has 1 aromatic rings. The summed E-state index contributed by atoms with van der Waals surface area (Å²) in [7, 11) is 0. The van der Waals surface area contributed by atoms with Crippen LogP contribution in [0.5, 0.6) is 0 Å². The largest absolute Gasteiger partial charge is 0.384 e. The first kappa shape index (κ1) is 14.5. The Hall–Kier alpha value is -0.870. The third kappa shape index (κ3) is 3.37. The van der Waals surface area contributed by atoms with Crippen LogP contribution in [0.2, 0.25) is 0 Å². The number of aryl methyl sites for hydroxylation is 1. The standard InChI is InChI=1S/C15H26N2O2/c1-3-17-13(10-11-16-17)14(18)15(19-4-2)12-8-6-5-7-9-12/h10-12,14-15,18H,3-9H2,1-2H3. The summed E-state index contributed by atoms with van der Waals surface area (Å²) >= 11 is 0. The fraction of sp³-hybridized carbons (Fsp3) is 0.800. The second kappa shape index (κ2) is 7.06. The van der Waals surface area contributed by atoms with E-state index >= 15 is 0 Å². The zero-order valence-corrected chi connectivity index (χ0v) is 12.1. The Morgan fingerprint density at radius 3 is 2.74 bits per heavy atom. The minimum Gasteiger partial charge on any atom is -0.384 e. The van der Waals surface area contributed by atoms with E-state index in [2.05, 4.69) is 5.10 Å². The Labute approximate surface area is 115 Å². The van der Waals surface area contributed by atoms with Crippen LogP contribution in [-0.4, -0.2) is 27.6 Å². The number of hydrogen-bond donors (Lipinski definition) is 1. The predicted molar refractivity (Wildman–Crippen MR) is 74.8 cm³/mol. The van der Waals surface area contributed by atoms with E-state index in [-0.39, 0.29) is 6.10 Å². The monoisotopic (exact) mass is 266 g/mol. The van der Waals surface area contributed by atoms with Gasteiger partial charge in [-0.1, -0.05) is 19.3 Å². The molecule has 1 N–H and O–H groups in total. The van der Waals surface area contributed by atoms with Crippen molar-refractivity contribution in [2.45, 2.75) is 64.7 Å². The van der Waals surface area contributed by atoms with Gasteiger partial charge in [-0.15, -0.1) is 0 Å². The van der Waals surface area contributed by atoms with Gasteiger partial charge in [0, 0.05) is 19.3 Å². The molecule has 1 aliphatic rings. The minimum atomic E-state index is -0.564. The first-order valence-corrected chi connectivity index (χ1v) is 7.59. The number of aromatic nitrogens is 2. The van der Waals surface area contributed by atoms with E-state index in [1.165, 1.54) is 32.1 Å². The van der Waals surface area contributed by atoms with Crippen LogP contribution in [0.25, 0.3) is 0 Å². The van der Waals surface area contributed by atoms with E-state index in [0.717, 1.165) is 12.2 Å². The van der Waals surface area contributed by atoms with Gasteiger partial charge in [0.05, 0.1) is 11.8 Å². The molecule has 0 aromatic carbocycles. The molecule has 1 saturated carbocycles. The van der Waals surface area contributed by atoms with Crippen LogP contribution in [-0.2, 0) is 11.3 Å². The lowest BCUT2D eigenvalue weighted by Crippen LogP contribution is -2.33. The lowest BCUT2D eigenvalue weighted by Gasteiger charge is -2.33. The topological polar surface area (TPSA) is 47.3 Å². The molecular formula is C15H26N2O2. The molecule has 1 heterocycles. The Kier molecular flexibility index (Phi) is 5.40. The molecule has 1 aromatic heterocycles. The lowest BCUT2D eigenvalue weighted by molar-refractivity contribution is -0.0767. The van der Waals surface area contributed by atoms with Crippen LogP contribution in [0.15, 0.2) is 12.3 Å². The summed E-state index contributed by atoms with van der Waals surface area (Å²) in [5.41, 5.74) is 0.881. The first-order chi connectivity index (χ1) is 9.27. The molecule has 4 heteroatoms. The summed E-state index contributed by atoms with van der Waals surface area (Å²) in [6.45, 7) is 5.47. The van der Waals surface area contributed by atoms with E-state index in [4.69, 9.17) is 4.74 Å². The highest BCUT2D eigenvalue weighted by molar-refractivity contribution is 5.07. The lowest BCUT2D eigenvalue weighted by atomic mass is 9.82. The number of aliphatic hydroxyl groups is 1. The van der Waals surface area contributed by atoms with E-state index < -0.39 is 6.10 Å². The minimum absolute atomic E-state index is 0.0905. The molecule has 0 radical (unpaired) electrons. The molecule has 4 nitrogen and oxygen atoms in total. The van der Waals surface area contributed by atoms with Crippen LogP contribution in [0, 0.1) is 5.92 Å². The highest BCUT2D eigenvalue weighted by Crippen LogP contribution is 2.34. The SMILES string of the molecule is CCOC(C1CCCCC1)C(O)c1ccnn1CC. The van der Waals surface area contributed by atoms with Crippen molar-refractivity contribution in [1.82, 2.24) is 9.78 Å². The van der Waals surface area contributed by atoms with Crippen LogP contribution < -0.4 is 0 Å². The van der Waals surface area contributed by atoms with Crippen molar-refractivity contribution in [1.29, 1.82) is 0 Å². The van der Waals surface area contributed by atoms with Crippen molar-refractivity contribution in [3.05, 3.63) is 18.0 Å². The number of rotatable bonds is 6. The van der Waals surface area contributed by atoms with Crippen molar-refractivity contribution >= 4 is 0 Å². The summed E-state index contributed by atoms with van der Waals surface area (Å²) in [4.78, 5) is 0. The van der Waals surface area contributed by atoms with E-state index in [1.807, 2.05) is 24.6 Å². The van der Waals surface area contributed by atoms with Crippen LogP contribution in [0.1, 0.15) is 57.7 Å². The van der Waals surface area contributed by atoms with Gasteiger partial charge in [0.1, 0.15) is 6.10 Å². The number of hydrogen-bond acceptors (Lipinski definition) is 3. The van der Waals surface area contributed by atoms with Crippen LogP contribution >= 0.6 is 0 Å². The molecule has 0 amide bonds. The van der Waals surface area contributed by atoms with Gasteiger partial charge >= 0.3 is 0 Å². The molecule has 2 unspecified atom stereocenters. The van der Waals surface area contributed by atoms with Crippen LogP contribution in [0.4, 0.5) is 0 Å². The van der Waals surface area contributed by atoms with Gasteiger partial charge in [-0.25, -0.2) is 0 Å². The Bertz CT molecular complexity index is 372. The number of aliphatic hydroxyl groups excluding tert-OH is 1. The summed E-state index contributed by atoms with van der Waals surface area (Å²) in [6.07, 6.45) is 7.27. The summed E-state index contributed by atoms with van der Waals surface area (Å²) in [5.74, 6) is 0.476. The third-order valence-electron chi connectivity index (χ3n) is 4.14. The van der Waals surface area contributed by atoms with Gasteiger partial charge in [-0.2, -0.15) is 5.10 Å². The molecule has 1 fully saturated rings. The molecule has 108 valence electrons. The van der Waals surface area contributed by atoms with E-state index in [9.17, 15) is 5.11 Å².